The first-order valence-corrected chi connectivity index (χ1v) is 10.0. The molecule has 3 rings (SSSR count). The van der Waals surface area contributed by atoms with Gasteiger partial charge in [-0.1, -0.05) is 31.5 Å². The van der Waals surface area contributed by atoms with Crippen LogP contribution in [-0.2, 0) is 9.53 Å². The maximum absolute atomic E-state index is 12.8. The average molecular weight is 406 g/mol. The van der Waals surface area contributed by atoms with E-state index in [1.807, 2.05) is 55.5 Å². The lowest BCUT2D eigenvalue weighted by Gasteiger charge is -2.13. The van der Waals surface area contributed by atoms with E-state index < -0.39 is 5.97 Å². The second-order valence-electron chi connectivity index (χ2n) is 7.13. The zero-order valence-corrected chi connectivity index (χ0v) is 17.5. The van der Waals surface area contributed by atoms with E-state index >= 15 is 0 Å². The quantitative estimate of drug-likeness (QED) is 0.562. The smallest absolute Gasteiger partial charge is 0.339 e. The molecular weight excluding hydrogens is 380 g/mol. The molecule has 156 valence electrons. The Hall–Kier alpha value is -3.41. The van der Waals surface area contributed by atoms with Gasteiger partial charge in [-0.2, -0.15) is 0 Å². The Balaban J connectivity index is 1.84. The second-order valence-corrected chi connectivity index (χ2v) is 7.13. The molecule has 0 fully saturated rings. The highest BCUT2D eigenvalue weighted by atomic mass is 16.5. The zero-order chi connectivity index (χ0) is 21.5. The van der Waals surface area contributed by atoms with Gasteiger partial charge in [0.05, 0.1) is 23.9 Å². The van der Waals surface area contributed by atoms with E-state index in [2.05, 4.69) is 17.2 Å². The molecule has 0 radical (unpaired) electrons. The fourth-order valence-electron chi connectivity index (χ4n) is 3.28. The number of ether oxygens (including phenoxy) is 2. The van der Waals surface area contributed by atoms with Crippen molar-refractivity contribution >= 4 is 22.8 Å². The number of amides is 1. The third kappa shape index (κ3) is 5.14. The van der Waals surface area contributed by atoms with Crippen molar-refractivity contribution in [2.24, 2.45) is 0 Å². The van der Waals surface area contributed by atoms with E-state index in [4.69, 9.17) is 9.47 Å². The van der Waals surface area contributed by atoms with Gasteiger partial charge in [-0.15, -0.1) is 0 Å². The Morgan fingerprint density at radius 1 is 1.10 bits per heavy atom. The number of esters is 1. The van der Waals surface area contributed by atoms with E-state index in [0.717, 1.165) is 24.2 Å². The maximum Gasteiger partial charge on any atom is 0.339 e. The Morgan fingerprint density at radius 2 is 1.83 bits per heavy atom. The largest absolute Gasteiger partial charge is 0.497 e. The molecule has 1 heterocycles. The lowest BCUT2D eigenvalue weighted by molar-refractivity contribution is -0.124. The first-order valence-electron chi connectivity index (χ1n) is 10.0. The summed E-state index contributed by atoms with van der Waals surface area (Å²) in [5.41, 5.74) is 2.55. The summed E-state index contributed by atoms with van der Waals surface area (Å²) in [6.45, 7) is 3.67. The number of rotatable bonds is 8. The van der Waals surface area contributed by atoms with Crippen molar-refractivity contribution in [1.29, 1.82) is 0 Å². The summed E-state index contributed by atoms with van der Waals surface area (Å²) in [6, 6.07) is 16.6. The summed E-state index contributed by atoms with van der Waals surface area (Å²) in [5.74, 6) is -0.123. The Bertz CT molecular complexity index is 1030. The summed E-state index contributed by atoms with van der Waals surface area (Å²) in [5, 5.41) is 3.51. The number of hydrogen-bond donors (Lipinski definition) is 1. The molecule has 0 aliphatic carbocycles. The van der Waals surface area contributed by atoms with Crippen LogP contribution in [0.25, 0.3) is 22.2 Å². The van der Waals surface area contributed by atoms with Crippen LogP contribution < -0.4 is 10.1 Å². The average Bonchev–Trinajstić information content (AvgIpc) is 2.77. The van der Waals surface area contributed by atoms with Crippen LogP contribution in [0.2, 0.25) is 0 Å². The molecule has 0 spiro atoms. The molecule has 1 atom stereocenters. The number of carbonyl (C=O) groups excluding carboxylic acids is 2. The monoisotopic (exact) mass is 406 g/mol. The van der Waals surface area contributed by atoms with Gasteiger partial charge in [0.25, 0.3) is 5.91 Å². The summed E-state index contributed by atoms with van der Waals surface area (Å²) in [6.07, 6.45) is 1.85. The first kappa shape index (κ1) is 21.3. The van der Waals surface area contributed by atoms with Crippen molar-refractivity contribution in [3.63, 3.8) is 0 Å². The van der Waals surface area contributed by atoms with Crippen LogP contribution in [0.4, 0.5) is 0 Å². The molecular formula is C24H26N2O4. The molecule has 0 aliphatic heterocycles. The molecule has 0 aliphatic rings. The van der Waals surface area contributed by atoms with E-state index in [9.17, 15) is 9.59 Å². The number of pyridine rings is 1. The van der Waals surface area contributed by atoms with Crippen LogP contribution in [0.1, 0.15) is 37.0 Å². The highest BCUT2D eigenvalue weighted by molar-refractivity contribution is 6.05. The summed E-state index contributed by atoms with van der Waals surface area (Å²) in [7, 11) is 1.61. The minimum atomic E-state index is -0.554. The van der Waals surface area contributed by atoms with E-state index in [1.165, 1.54) is 0 Å². The highest BCUT2D eigenvalue weighted by Gasteiger charge is 2.17. The maximum atomic E-state index is 12.8. The van der Waals surface area contributed by atoms with Crippen molar-refractivity contribution in [1.82, 2.24) is 10.3 Å². The summed E-state index contributed by atoms with van der Waals surface area (Å²) >= 11 is 0. The van der Waals surface area contributed by atoms with Crippen molar-refractivity contribution in [2.45, 2.75) is 32.7 Å². The fraction of sp³-hybridized carbons (Fsp3) is 0.292. The Morgan fingerprint density at radius 3 is 2.53 bits per heavy atom. The molecule has 2 aromatic carbocycles. The van der Waals surface area contributed by atoms with Crippen molar-refractivity contribution in [3.8, 4) is 17.0 Å². The first-order chi connectivity index (χ1) is 14.5. The number of methoxy groups -OCH3 is 1. The molecule has 1 aromatic heterocycles. The third-order valence-corrected chi connectivity index (χ3v) is 4.79. The minimum Gasteiger partial charge on any atom is -0.497 e. The van der Waals surface area contributed by atoms with E-state index in [-0.39, 0.29) is 18.6 Å². The van der Waals surface area contributed by atoms with Crippen LogP contribution in [0.5, 0.6) is 5.75 Å². The van der Waals surface area contributed by atoms with Gasteiger partial charge in [0.1, 0.15) is 5.75 Å². The zero-order valence-electron chi connectivity index (χ0n) is 17.5. The van der Waals surface area contributed by atoms with Gasteiger partial charge in [0.2, 0.25) is 0 Å². The third-order valence-electron chi connectivity index (χ3n) is 4.79. The molecule has 30 heavy (non-hydrogen) atoms. The van der Waals surface area contributed by atoms with E-state index in [0.29, 0.717) is 22.2 Å². The predicted octanol–water partition coefficient (Wildman–Crippen LogP) is 4.37. The summed E-state index contributed by atoms with van der Waals surface area (Å²) in [4.78, 5) is 29.5. The van der Waals surface area contributed by atoms with Gasteiger partial charge in [0.15, 0.2) is 6.61 Å². The number of para-hydroxylation sites is 1. The number of aromatic nitrogens is 1. The molecule has 0 saturated carbocycles. The standard InChI is InChI=1S/C24H26N2O4/c1-4-7-16(2)25-23(27)15-30-24(28)20-14-22(17-10-12-18(29-3)13-11-17)26-21-9-6-5-8-19(20)21/h5-6,8-14,16H,4,7,15H2,1-3H3,(H,25,27)/t16-/m0/s1. The number of nitrogens with one attached hydrogen (secondary N) is 1. The lowest BCUT2D eigenvalue weighted by Crippen LogP contribution is -2.35. The van der Waals surface area contributed by atoms with Gasteiger partial charge in [-0.25, -0.2) is 9.78 Å². The van der Waals surface area contributed by atoms with Crippen molar-refractivity contribution in [3.05, 3.63) is 60.2 Å². The molecule has 1 N–H and O–H groups in total. The Kier molecular flexibility index (Phi) is 7.01. The molecule has 0 bridgehead atoms. The molecule has 0 saturated heterocycles. The number of hydrogen-bond acceptors (Lipinski definition) is 5. The molecule has 3 aromatic rings. The normalized spacial score (nSPS) is 11.7. The fourth-order valence-corrected chi connectivity index (χ4v) is 3.28. The predicted molar refractivity (Wildman–Crippen MR) is 117 cm³/mol. The highest BCUT2D eigenvalue weighted by Crippen LogP contribution is 2.26. The van der Waals surface area contributed by atoms with Gasteiger partial charge in [-0.3, -0.25) is 4.79 Å². The topological polar surface area (TPSA) is 77.5 Å². The van der Waals surface area contributed by atoms with Crippen molar-refractivity contribution in [2.75, 3.05) is 13.7 Å². The minimum absolute atomic E-state index is 0.0460. The van der Waals surface area contributed by atoms with Gasteiger partial charge in [-0.05, 0) is 49.7 Å². The number of fused-ring (bicyclic) bond motifs is 1. The molecule has 6 heteroatoms. The Labute approximate surface area is 176 Å². The van der Waals surface area contributed by atoms with Crippen LogP contribution in [0, 0.1) is 0 Å². The van der Waals surface area contributed by atoms with Gasteiger partial charge >= 0.3 is 5.97 Å². The van der Waals surface area contributed by atoms with Gasteiger partial charge < -0.3 is 14.8 Å². The molecule has 6 nitrogen and oxygen atoms in total. The number of nitrogens with zero attached hydrogens (tertiary/aromatic N) is 1. The van der Waals surface area contributed by atoms with E-state index in [1.54, 1.807) is 13.2 Å². The number of benzene rings is 2. The molecule has 0 unspecified atom stereocenters. The molecule has 1 amide bonds. The van der Waals surface area contributed by atoms with Crippen molar-refractivity contribution < 1.29 is 19.1 Å². The van der Waals surface area contributed by atoms with Crippen LogP contribution in [-0.4, -0.2) is 36.6 Å². The van der Waals surface area contributed by atoms with Crippen LogP contribution >= 0.6 is 0 Å². The SMILES string of the molecule is CCC[C@H](C)NC(=O)COC(=O)c1cc(-c2ccc(OC)cc2)nc2ccccc12. The van der Waals surface area contributed by atoms with Crippen LogP contribution in [0.15, 0.2) is 54.6 Å². The lowest BCUT2D eigenvalue weighted by atomic mass is 10.0. The van der Waals surface area contributed by atoms with Gasteiger partial charge in [0, 0.05) is 17.0 Å². The van der Waals surface area contributed by atoms with Crippen LogP contribution in [0.3, 0.4) is 0 Å². The number of carbonyl (C=O) groups is 2. The summed E-state index contributed by atoms with van der Waals surface area (Å²) < 4.78 is 10.5. The second kappa shape index (κ2) is 9.87.